The minimum atomic E-state index is 0. The number of H-pyrrole nitrogens is 1. The molecular formula is C10H12Cl2N2. The third-order valence-electron chi connectivity index (χ3n) is 2.16. The summed E-state index contributed by atoms with van der Waals surface area (Å²) < 4.78 is 0. The molecule has 4 heteroatoms. The van der Waals surface area contributed by atoms with Crippen LogP contribution in [0.2, 0.25) is 0 Å². The maximum Gasteiger partial charge on any atom is 0.0456 e. The fourth-order valence-corrected chi connectivity index (χ4v) is 1.61. The Morgan fingerprint density at radius 1 is 1.29 bits per heavy atom. The van der Waals surface area contributed by atoms with E-state index in [2.05, 4.69) is 22.0 Å². The second-order valence-corrected chi connectivity index (χ2v) is 3.26. The average molecular weight is 231 g/mol. The molecule has 1 aromatic carbocycles. The Morgan fingerprint density at radius 2 is 2.07 bits per heavy atom. The van der Waals surface area contributed by atoms with Gasteiger partial charge in [-0.15, -0.1) is 12.4 Å². The van der Waals surface area contributed by atoms with Gasteiger partial charge in [-0.2, -0.15) is 0 Å². The van der Waals surface area contributed by atoms with Crippen molar-refractivity contribution in [3.8, 4) is 0 Å². The highest BCUT2D eigenvalue weighted by atomic mass is 35.5. The smallest absolute Gasteiger partial charge is 0.0456 e. The zero-order valence-corrected chi connectivity index (χ0v) is 9.16. The van der Waals surface area contributed by atoms with Gasteiger partial charge in [0.25, 0.3) is 0 Å². The van der Waals surface area contributed by atoms with Gasteiger partial charge in [-0.05, 0) is 29.8 Å². The van der Waals surface area contributed by atoms with Gasteiger partial charge in [0.15, 0.2) is 0 Å². The minimum absolute atomic E-state index is 0. The van der Waals surface area contributed by atoms with Crippen molar-refractivity contribution in [2.45, 2.75) is 6.42 Å². The normalized spacial score (nSPS) is 10.1. The molecule has 1 aromatic heterocycles. The molecule has 76 valence electrons. The van der Waals surface area contributed by atoms with Crippen molar-refractivity contribution >= 4 is 35.1 Å². The molecule has 2 rings (SSSR count). The first-order valence-electron chi connectivity index (χ1n) is 4.30. The molecule has 1 heterocycles. The van der Waals surface area contributed by atoms with Crippen LogP contribution in [0.15, 0.2) is 30.5 Å². The number of aromatic nitrogens is 1. The molecule has 2 aromatic rings. The molecule has 0 aliphatic rings. The molecule has 2 nitrogen and oxygen atoms in total. The van der Waals surface area contributed by atoms with Crippen LogP contribution in [0, 0.1) is 0 Å². The molecule has 0 unspecified atom stereocenters. The number of para-hydroxylation sites is 1. The van der Waals surface area contributed by atoms with Crippen molar-refractivity contribution in [2.24, 2.45) is 0 Å². The molecular weight excluding hydrogens is 219 g/mol. The summed E-state index contributed by atoms with van der Waals surface area (Å²) in [6, 6.07) is 8.28. The lowest BCUT2D eigenvalue weighted by atomic mass is 10.1. The number of aromatic amines is 1. The molecule has 0 aliphatic heterocycles. The van der Waals surface area contributed by atoms with Gasteiger partial charge in [-0.25, -0.2) is 4.84 Å². The van der Waals surface area contributed by atoms with Gasteiger partial charge in [-0.3, -0.25) is 0 Å². The molecule has 0 fully saturated rings. The Bertz CT molecular complexity index is 398. The molecule has 14 heavy (non-hydrogen) atoms. The highest BCUT2D eigenvalue weighted by Crippen LogP contribution is 2.17. The van der Waals surface area contributed by atoms with Gasteiger partial charge in [-0.1, -0.05) is 18.2 Å². The Hall–Kier alpha value is -0.700. The first-order valence-corrected chi connectivity index (χ1v) is 4.68. The van der Waals surface area contributed by atoms with Gasteiger partial charge in [0.2, 0.25) is 0 Å². The number of fused-ring (bicyclic) bond motifs is 1. The Balaban J connectivity index is 0.000000980. The quantitative estimate of drug-likeness (QED) is 0.781. The molecule has 0 saturated carbocycles. The fraction of sp³-hybridized carbons (Fsp3) is 0.200. The van der Waals surface area contributed by atoms with Crippen molar-refractivity contribution in [2.75, 3.05) is 6.54 Å². The molecule has 0 bridgehead atoms. The van der Waals surface area contributed by atoms with Gasteiger partial charge >= 0.3 is 0 Å². The maximum absolute atomic E-state index is 5.41. The number of nitrogens with one attached hydrogen (secondary N) is 2. The maximum atomic E-state index is 5.41. The average Bonchev–Trinajstić information content (AvgIpc) is 2.58. The van der Waals surface area contributed by atoms with E-state index in [1.165, 1.54) is 16.5 Å². The molecule has 0 atom stereocenters. The number of hydrogen-bond acceptors (Lipinski definition) is 1. The monoisotopic (exact) mass is 230 g/mol. The van der Waals surface area contributed by atoms with Gasteiger partial charge < -0.3 is 4.98 Å². The van der Waals surface area contributed by atoms with Gasteiger partial charge in [0, 0.05) is 23.6 Å². The van der Waals surface area contributed by atoms with Gasteiger partial charge in [0.1, 0.15) is 0 Å². The zero-order valence-electron chi connectivity index (χ0n) is 7.59. The van der Waals surface area contributed by atoms with E-state index in [-0.39, 0.29) is 12.4 Å². The van der Waals surface area contributed by atoms with E-state index in [1.807, 2.05) is 18.3 Å². The van der Waals surface area contributed by atoms with E-state index >= 15 is 0 Å². The highest BCUT2D eigenvalue weighted by Gasteiger charge is 2.00. The lowest BCUT2D eigenvalue weighted by molar-refractivity contribution is 0.904. The standard InChI is InChI=1S/C10H11ClN2.ClH/c11-13-6-5-8-7-12-10-4-2-1-3-9(8)10;/h1-4,7,12-13H,5-6H2;1H. The molecule has 0 saturated heterocycles. The first kappa shape index (κ1) is 11.4. The SMILES string of the molecule is Cl.ClNCCc1c[nH]c2ccccc12. The van der Waals surface area contributed by atoms with E-state index in [1.54, 1.807) is 0 Å². The van der Waals surface area contributed by atoms with Crippen LogP contribution in [-0.4, -0.2) is 11.5 Å². The summed E-state index contributed by atoms with van der Waals surface area (Å²) in [4.78, 5) is 5.86. The number of halogens is 2. The lowest BCUT2D eigenvalue weighted by Crippen LogP contribution is -2.03. The summed E-state index contributed by atoms with van der Waals surface area (Å²) in [6.45, 7) is 0.795. The molecule has 0 radical (unpaired) electrons. The summed E-state index contributed by atoms with van der Waals surface area (Å²) in [7, 11) is 0. The van der Waals surface area contributed by atoms with Crippen molar-refractivity contribution in [1.82, 2.24) is 9.82 Å². The summed E-state index contributed by atoms with van der Waals surface area (Å²) in [5.41, 5.74) is 2.50. The summed E-state index contributed by atoms with van der Waals surface area (Å²) in [5, 5.41) is 1.29. The van der Waals surface area contributed by atoms with Crippen LogP contribution in [-0.2, 0) is 6.42 Å². The Morgan fingerprint density at radius 3 is 2.86 bits per heavy atom. The van der Waals surface area contributed by atoms with E-state index < -0.39 is 0 Å². The highest BCUT2D eigenvalue weighted by molar-refractivity contribution is 6.13. The van der Waals surface area contributed by atoms with Crippen LogP contribution in [0.25, 0.3) is 10.9 Å². The van der Waals surface area contributed by atoms with Crippen LogP contribution in [0.1, 0.15) is 5.56 Å². The van der Waals surface area contributed by atoms with Crippen LogP contribution >= 0.6 is 24.2 Å². The van der Waals surface area contributed by atoms with Crippen LogP contribution in [0.4, 0.5) is 0 Å². The lowest BCUT2D eigenvalue weighted by Gasteiger charge is -1.96. The Labute approximate surface area is 94.2 Å². The van der Waals surface area contributed by atoms with E-state index in [9.17, 15) is 0 Å². The van der Waals surface area contributed by atoms with Crippen LogP contribution in [0.5, 0.6) is 0 Å². The first-order chi connectivity index (χ1) is 6.42. The van der Waals surface area contributed by atoms with Crippen LogP contribution in [0.3, 0.4) is 0 Å². The van der Waals surface area contributed by atoms with Crippen molar-refractivity contribution < 1.29 is 0 Å². The summed E-state index contributed by atoms with van der Waals surface area (Å²) in [5.74, 6) is 0. The van der Waals surface area contributed by atoms with E-state index in [0.29, 0.717) is 0 Å². The number of benzene rings is 1. The van der Waals surface area contributed by atoms with Crippen LogP contribution < -0.4 is 4.84 Å². The second kappa shape index (κ2) is 5.25. The number of rotatable bonds is 3. The summed E-state index contributed by atoms with van der Waals surface area (Å²) >= 11 is 5.41. The third kappa shape index (κ3) is 2.21. The predicted molar refractivity (Wildman–Crippen MR) is 63.1 cm³/mol. The largest absolute Gasteiger partial charge is 0.361 e. The number of hydrogen-bond donors (Lipinski definition) is 2. The van der Waals surface area contributed by atoms with Crippen molar-refractivity contribution in [3.63, 3.8) is 0 Å². The molecule has 2 N–H and O–H groups in total. The second-order valence-electron chi connectivity index (χ2n) is 2.99. The zero-order chi connectivity index (χ0) is 9.10. The van der Waals surface area contributed by atoms with Gasteiger partial charge in [0.05, 0.1) is 0 Å². The molecule has 0 spiro atoms. The van der Waals surface area contributed by atoms with E-state index in [0.717, 1.165) is 13.0 Å². The predicted octanol–water partition coefficient (Wildman–Crippen LogP) is 2.88. The minimum Gasteiger partial charge on any atom is -0.361 e. The van der Waals surface area contributed by atoms with E-state index in [4.69, 9.17) is 11.8 Å². The van der Waals surface area contributed by atoms with Crippen molar-refractivity contribution in [3.05, 3.63) is 36.0 Å². The molecule has 0 aliphatic carbocycles. The topological polar surface area (TPSA) is 27.8 Å². The summed E-state index contributed by atoms with van der Waals surface area (Å²) in [6.07, 6.45) is 2.99. The molecule has 0 amide bonds. The fourth-order valence-electron chi connectivity index (χ4n) is 1.52. The Kier molecular flexibility index (Phi) is 4.26. The third-order valence-corrected chi connectivity index (χ3v) is 2.35. The van der Waals surface area contributed by atoms with Crippen molar-refractivity contribution in [1.29, 1.82) is 0 Å².